The van der Waals surface area contributed by atoms with Gasteiger partial charge >= 0.3 is 0 Å². The van der Waals surface area contributed by atoms with Gasteiger partial charge < -0.3 is 20.1 Å². The third-order valence-corrected chi connectivity index (χ3v) is 4.46. The second kappa shape index (κ2) is 7.66. The first-order valence-corrected chi connectivity index (χ1v) is 8.30. The molecule has 0 spiro atoms. The number of rotatable bonds is 5. The first-order chi connectivity index (χ1) is 11.3. The van der Waals surface area contributed by atoms with Gasteiger partial charge in [-0.1, -0.05) is 12.1 Å². The van der Waals surface area contributed by atoms with E-state index in [-0.39, 0.29) is 5.91 Å². The van der Waals surface area contributed by atoms with Crippen LogP contribution in [0.1, 0.15) is 18.4 Å². The molecule has 126 valence electrons. The zero-order valence-corrected chi connectivity index (χ0v) is 13.6. The molecule has 2 aliphatic heterocycles. The number of nitrogens with one attached hydrogen (secondary N) is 2. The molecule has 1 amide bonds. The monoisotopic (exact) mass is 319 g/mol. The van der Waals surface area contributed by atoms with Crippen molar-refractivity contribution >= 4 is 5.91 Å². The normalized spacial score (nSPS) is 18.7. The van der Waals surface area contributed by atoms with Gasteiger partial charge in [0.2, 0.25) is 5.91 Å². The molecule has 2 N–H and O–H groups in total. The van der Waals surface area contributed by atoms with Crippen molar-refractivity contribution in [3.05, 3.63) is 23.8 Å². The van der Waals surface area contributed by atoms with E-state index in [1.165, 1.54) is 0 Å². The molecule has 1 fully saturated rings. The van der Waals surface area contributed by atoms with Crippen molar-refractivity contribution in [3.63, 3.8) is 0 Å². The predicted molar refractivity (Wildman–Crippen MR) is 87.8 cm³/mol. The smallest absolute Gasteiger partial charge is 0.233 e. The van der Waals surface area contributed by atoms with Gasteiger partial charge in [0.15, 0.2) is 11.5 Å². The van der Waals surface area contributed by atoms with Gasteiger partial charge in [-0.3, -0.25) is 9.69 Å². The fourth-order valence-electron chi connectivity index (χ4n) is 3.10. The molecule has 0 radical (unpaired) electrons. The van der Waals surface area contributed by atoms with E-state index in [0.717, 1.165) is 49.5 Å². The average molecular weight is 319 g/mol. The molecule has 23 heavy (non-hydrogen) atoms. The van der Waals surface area contributed by atoms with Crippen molar-refractivity contribution in [3.8, 4) is 11.5 Å². The summed E-state index contributed by atoms with van der Waals surface area (Å²) in [5, 5.41) is 6.29. The second-order valence-corrected chi connectivity index (χ2v) is 6.05. The molecular weight excluding hydrogens is 294 g/mol. The van der Waals surface area contributed by atoms with Crippen LogP contribution in [0.3, 0.4) is 0 Å². The summed E-state index contributed by atoms with van der Waals surface area (Å²) in [5.74, 6) is 1.81. The fourth-order valence-corrected chi connectivity index (χ4v) is 3.10. The van der Waals surface area contributed by atoms with Crippen LogP contribution in [-0.4, -0.2) is 56.7 Å². The summed E-state index contributed by atoms with van der Waals surface area (Å²) >= 11 is 0. The Labute approximate surface area is 137 Å². The molecular formula is C17H25N3O3. The highest BCUT2D eigenvalue weighted by atomic mass is 16.6. The summed E-state index contributed by atoms with van der Waals surface area (Å²) in [6.45, 7) is 4.43. The number of likely N-dealkylation sites (tertiary alicyclic amines) is 1. The van der Waals surface area contributed by atoms with Crippen LogP contribution in [0.2, 0.25) is 0 Å². The lowest BCUT2D eigenvalue weighted by Gasteiger charge is -2.32. The first-order valence-electron chi connectivity index (χ1n) is 8.30. The van der Waals surface area contributed by atoms with Gasteiger partial charge in [0.05, 0.1) is 6.54 Å². The Hall–Kier alpha value is -1.79. The number of hydrogen-bond donors (Lipinski definition) is 2. The van der Waals surface area contributed by atoms with Crippen LogP contribution in [0, 0.1) is 0 Å². The summed E-state index contributed by atoms with van der Waals surface area (Å²) < 4.78 is 11.4. The Morgan fingerprint density at radius 1 is 1.26 bits per heavy atom. The average Bonchev–Trinajstić information content (AvgIpc) is 2.61. The van der Waals surface area contributed by atoms with E-state index in [2.05, 4.69) is 21.6 Å². The number of ether oxygens (including phenoxy) is 2. The summed E-state index contributed by atoms with van der Waals surface area (Å²) in [6, 6.07) is 6.53. The molecule has 6 nitrogen and oxygen atoms in total. The van der Waals surface area contributed by atoms with E-state index in [1.807, 2.05) is 12.1 Å². The van der Waals surface area contributed by atoms with E-state index in [4.69, 9.17) is 9.47 Å². The number of nitrogens with zero attached hydrogens (tertiary/aromatic N) is 1. The van der Waals surface area contributed by atoms with E-state index < -0.39 is 0 Å². The van der Waals surface area contributed by atoms with Gasteiger partial charge in [0, 0.05) is 38.3 Å². The number of likely N-dealkylation sites (N-methyl/N-ethyl adjacent to an activating group) is 1. The Balaban J connectivity index is 1.48. The zero-order chi connectivity index (χ0) is 16.1. The van der Waals surface area contributed by atoms with Crippen molar-refractivity contribution < 1.29 is 14.3 Å². The van der Waals surface area contributed by atoms with Crippen LogP contribution in [0.4, 0.5) is 0 Å². The van der Waals surface area contributed by atoms with E-state index in [0.29, 0.717) is 25.8 Å². The molecule has 1 saturated heterocycles. The Kier molecular flexibility index (Phi) is 5.35. The molecule has 0 unspecified atom stereocenters. The van der Waals surface area contributed by atoms with Crippen LogP contribution in [0.5, 0.6) is 11.5 Å². The minimum Gasteiger partial charge on any atom is -0.486 e. The SMILES string of the molecule is CNC(=O)CN1CCC(NCc2cccc3c2OCCO3)CC1. The highest BCUT2D eigenvalue weighted by molar-refractivity contribution is 5.77. The third kappa shape index (κ3) is 4.14. The maximum atomic E-state index is 11.4. The number of para-hydroxylation sites is 1. The van der Waals surface area contributed by atoms with Crippen LogP contribution in [0.15, 0.2) is 18.2 Å². The number of benzene rings is 1. The van der Waals surface area contributed by atoms with Gasteiger partial charge in [0.1, 0.15) is 13.2 Å². The van der Waals surface area contributed by atoms with Gasteiger partial charge in [-0.2, -0.15) is 0 Å². The summed E-state index contributed by atoms with van der Waals surface area (Å²) in [7, 11) is 1.68. The summed E-state index contributed by atoms with van der Waals surface area (Å²) in [6.07, 6.45) is 2.12. The van der Waals surface area contributed by atoms with Crippen molar-refractivity contribution in [2.45, 2.75) is 25.4 Å². The molecule has 3 rings (SSSR count). The Morgan fingerprint density at radius 3 is 2.83 bits per heavy atom. The van der Waals surface area contributed by atoms with Crippen molar-refractivity contribution in [2.24, 2.45) is 0 Å². The third-order valence-electron chi connectivity index (χ3n) is 4.46. The lowest BCUT2D eigenvalue weighted by molar-refractivity contribution is -0.122. The van der Waals surface area contributed by atoms with Gasteiger partial charge in [0.25, 0.3) is 0 Å². The molecule has 2 aliphatic rings. The van der Waals surface area contributed by atoms with Crippen LogP contribution in [-0.2, 0) is 11.3 Å². The molecule has 1 aromatic carbocycles. The lowest BCUT2D eigenvalue weighted by atomic mass is 10.0. The van der Waals surface area contributed by atoms with Crippen LogP contribution >= 0.6 is 0 Å². The largest absolute Gasteiger partial charge is 0.486 e. The molecule has 0 atom stereocenters. The van der Waals surface area contributed by atoms with E-state index >= 15 is 0 Å². The summed E-state index contributed by atoms with van der Waals surface area (Å²) in [4.78, 5) is 13.6. The van der Waals surface area contributed by atoms with Crippen molar-refractivity contribution in [1.82, 2.24) is 15.5 Å². The lowest BCUT2D eigenvalue weighted by Crippen LogP contribution is -2.45. The molecule has 2 heterocycles. The second-order valence-electron chi connectivity index (χ2n) is 6.05. The van der Waals surface area contributed by atoms with Crippen LogP contribution in [0.25, 0.3) is 0 Å². The molecule has 0 aliphatic carbocycles. The fraction of sp³-hybridized carbons (Fsp3) is 0.588. The maximum Gasteiger partial charge on any atom is 0.233 e. The minimum absolute atomic E-state index is 0.0875. The Bertz CT molecular complexity index is 542. The molecule has 1 aromatic rings. The van der Waals surface area contributed by atoms with Crippen LogP contribution < -0.4 is 20.1 Å². The molecule has 6 heteroatoms. The van der Waals surface area contributed by atoms with Crippen molar-refractivity contribution in [2.75, 3.05) is 39.9 Å². The van der Waals surface area contributed by atoms with E-state index in [1.54, 1.807) is 7.05 Å². The molecule has 0 aromatic heterocycles. The zero-order valence-electron chi connectivity index (χ0n) is 13.6. The Morgan fingerprint density at radius 2 is 2.04 bits per heavy atom. The summed E-state index contributed by atoms with van der Waals surface area (Å²) in [5.41, 5.74) is 1.15. The number of hydrogen-bond acceptors (Lipinski definition) is 5. The quantitative estimate of drug-likeness (QED) is 0.839. The molecule has 0 bridgehead atoms. The topological polar surface area (TPSA) is 62.8 Å². The number of carbonyl (C=O) groups excluding carboxylic acids is 1. The standard InChI is InChI=1S/C17H25N3O3/c1-18-16(21)12-20-7-5-14(6-8-20)19-11-13-3-2-4-15-17(13)23-10-9-22-15/h2-4,14,19H,5-12H2,1H3,(H,18,21). The van der Waals surface area contributed by atoms with Gasteiger partial charge in [-0.05, 0) is 18.9 Å². The predicted octanol–water partition coefficient (Wildman–Crippen LogP) is 0.758. The number of carbonyl (C=O) groups is 1. The highest BCUT2D eigenvalue weighted by Gasteiger charge is 2.21. The first kappa shape index (κ1) is 16.1. The van der Waals surface area contributed by atoms with Gasteiger partial charge in [-0.25, -0.2) is 0 Å². The number of amides is 1. The number of piperidine rings is 1. The number of fused-ring (bicyclic) bond motifs is 1. The highest BCUT2D eigenvalue weighted by Crippen LogP contribution is 2.33. The van der Waals surface area contributed by atoms with Crippen molar-refractivity contribution in [1.29, 1.82) is 0 Å². The minimum atomic E-state index is 0.0875. The maximum absolute atomic E-state index is 11.4. The van der Waals surface area contributed by atoms with E-state index in [9.17, 15) is 4.79 Å². The molecule has 0 saturated carbocycles. The van der Waals surface area contributed by atoms with Gasteiger partial charge in [-0.15, -0.1) is 0 Å².